The number of aryl methyl sites for hydroxylation is 1. The quantitative estimate of drug-likeness (QED) is 0.816. The van der Waals surface area contributed by atoms with Gasteiger partial charge in [0.1, 0.15) is 5.75 Å². The first-order chi connectivity index (χ1) is 10.4. The zero-order valence-electron chi connectivity index (χ0n) is 12.7. The molecule has 2 aromatic rings. The van der Waals surface area contributed by atoms with E-state index in [1.807, 2.05) is 25.1 Å². The second-order valence-electron chi connectivity index (χ2n) is 5.08. The second-order valence-corrected chi connectivity index (χ2v) is 5.86. The van der Waals surface area contributed by atoms with Crippen LogP contribution in [-0.4, -0.2) is 25.0 Å². The molecule has 3 nitrogen and oxygen atoms in total. The summed E-state index contributed by atoms with van der Waals surface area (Å²) in [5, 5.41) is 0.645. The maximum atomic E-state index is 12.5. The van der Waals surface area contributed by atoms with E-state index in [0.717, 1.165) is 16.9 Å². The van der Waals surface area contributed by atoms with E-state index in [1.54, 1.807) is 37.3 Å². The number of benzene rings is 2. The number of amides is 1. The molecule has 2 aromatic carbocycles. The minimum absolute atomic E-state index is 0.184. The lowest BCUT2D eigenvalue weighted by molar-refractivity contribution is 0.0784. The maximum Gasteiger partial charge on any atom is 0.255 e. The van der Waals surface area contributed by atoms with Crippen LogP contribution in [0.5, 0.6) is 5.75 Å². The van der Waals surface area contributed by atoms with E-state index in [9.17, 15) is 4.79 Å². The molecule has 2 rings (SSSR count). The fourth-order valence-electron chi connectivity index (χ4n) is 2.23. The van der Waals surface area contributed by atoms with Crippen LogP contribution in [0.3, 0.4) is 0 Å². The highest BCUT2D eigenvalue weighted by Crippen LogP contribution is 2.27. The summed E-state index contributed by atoms with van der Waals surface area (Å²) >= 11 is 12.1. The number of methoxy groups -OCH3 is 1. The zero-order chi connectivity index (χ0) is 16.3. The number of ether oxygens (including phenoxy) is 1. The van der Waals surface area contributed by atoms with Crippen LogP contribution in [0.1, 0.15) is 21.5 Å². The van der Waals surface area contributed by atoms with Gasteiger partial charge in [0.05, 0.1) is 22.7 Å². The number of hydrogen-bond acceptors (Lipinski definition) is 2. The first-order valence-corrected chi connectivity index (χ1v) is 7.52. The van der Waals surface area contributed by atoms with Crippen LogP contribution in [0.2, 0.25) is 10.0 Å². The Morgan fingerprint density at radius 2 is 1.95 bits per heavy atom. The fraction of sp³-hybridized carbons (Fsp3) is 0.235. The van der Waals surface area contributed by atoms with Gasteiger partial charge in [0.2, 0.25) is 0 Å². The molecule has 22 heavy (non-hydrogen) atoms. The van der Waals surface area contributed by atoms with E-state index < -0.39 is 0 Å². The highest BCUT2D eigenvalue weighted by Gasteiger charge is 2.18. The molecule has 0 heterocycles. The van der Waals surface area contributed by atoms with Gasteiger partial charge in [-0.1, -0.05) is 47.0 Å². The maximum absolute atomic E-state index is 12.5. The second kappa shape index (κ2) is 7.03. The zero-order valence-corrected chi connectivity index (χ0v) is 14.2. The van der Waals surface area contributed by atoms with Gasteiger partial charge in [-0.3, -0.25) is 4.79 Å². The molecular weight excluding hydrogens is 321 g/mol. The molecule has 0 radical (unpaired) electrons. The molecule has 0 unspecified atom stereocenters. The minimum atomic E-state index is -0.184. The van der Waals surface area contributed by atoms with Crippen LogP contribution in [-0.2, 0) is 6.54 Å². The van der Waals surface area contributed by atoms with E-state index >= 15 is 0 Å². The Hall–Kier alpha value is -1.71. The molecule has 5 heteroatoms. The highest BCUT2D eigenvalue weighted by molar-refractivity contribution is 6.43. The van der Waals surface area contributed by atoms with E-state index in [-0.39, 0.29) is 10.9 Å². The van der Waals surface area contributed by atoms with E-state index in [0.29, 0.717) is 17.1 Å². The number of hydrogen-bond donors (Lipinski definition) is 0. The van der Waals surface area contributed by atoms with Crippen LogP contribution in [0, 0.1) is 6.92 Å². The molecule has 0 N–H and O–H groups in total. The van der Waals surface area contributed by atoms with Gasteiger partial charge < -0.3 is 9.64 Å². The van der Waals surface area contributed by atoms with Crippen LogP contribution < -0.4 is 4.74 Å². The molecule has 0 saturated carbocycles. The molecule has 0 atom stereocenters. The summed E-state index contributed by atoms with van der Waals surface area (Å²) in [7, 11) is 3.34. The average Bonchev–Trinajstić information content (AvgIpc) is 2.49. The van der Waals surface area contributed by atoms with Crippen LogP contribution in [0.15, 0.2) is 36.4 Å². The largest absolute Gasteiger partial charge is 0.496 e. The lowest BCUT2D eigenvalue weighted by Gasteiger charge is -2.20. The number of rotatable bonds is 4. The smallest absolute Gasteiger partial charge is 0.255 e. The van der Waals surface area contributed by atoms with Crippen molar-refractivity contribution in [2.45, 2.75) is 13.5 Å². The van der Waals surface area contributed by atoms with Crippen molar-refractivity contribution in [1.29, 1.82) is 0 Å². The topological polar surface area (TPSA) is 29.5 Å². The molecule has 0 aliphatic carbocycles. The van der Waals surface area contributed by atoms with Gasteiger partial charge in [-0.15, -0.1) is 0 Å². The van der Waals surface area contributed by atoms with Gasteiger partial charge in [0.15, 0.2) is 0 Å². The van der Waals surface area contributed by atoms with Crippen LogP contribution in [0.25, 0.3) is 0 Å². The lowest BCUT2D eigenvalue weighted by atomic mass is 10.1. The fourth-order valence-corrected chi connectivity index (χ4v) is 2.61. The normalized spacial score (nSPS) is 10.4. The van der Waals surface area contributed by atoms with Gasteiger partial charge in [0, 0.05) is 19.2 Å². The standard InChI is InChI=1S/C17H17Cl2NO2/c1-11-7-8-15(22-3)12(9-11)10-20(2)17(21)13-5-4-6-14(18)16(13)19/h4-9H,10H2,1-3H3. The number of nitrogens with zero attached hydrogens (tertiary/aromatic N) is 1. The van der Waals surface area contributed by atoms with Gasteiger partial charge in [-0.2, -0.15) is 0 Å². The molecule has 0 bridgehead atoms. The van der Waals surface area contributed by atoms with Gasteiger partial charge >= 0.3 is 0 Å². The molecular formula is C17H17Cl2NO2. The third kappa shape index (κ3) is 3.54. The molecule has 0 aliphatic rings. The molecule has 116 valence electrons. The van der Waals surface area contributed by atoms with Crippen LogP contribution >= 0.6 is 23.2 Å². The average molecular weight is 338 g/mol. The van der Waals surface area contributed by atoms with E-state index in [1.165, 1.54) is 0 Å². The third-order valence-electron chi connectivity index (χ3n) is 3.37. The van der Waals surface area contributed by atoms with Gasteiger partial charge in [-0.05, 0) is 25.1 Å². The van der Waals surface area contributed by atoms with Crippen molar-refractivity contribution in [3.63, 3.8) is 0 Å². The molecule has 0 saturated heterocycles. The van der Waals surface area contributed by atoms with Crippen molar-refractivity contribution in [2.24, 2.45) is 0 Å². The van der Waals surface area contributed by atoms with Crippen molar-refractivity contribution in [2.75, 3.05) is 14.2 Å². The summed E-state index contributed by atoms with van der Waals surface area (Å²) in [6.07, 6.45) is 0. The summed E-state index contributed by atoms with van der Waals surface area (Å²) in [6.45, 7) is 2.42. The van der Waals surface area contributed by atoms with Crippen molar-refractivity contribution < 1.29 is 9.53 Å². The molecule has 0 spiro atoms. The summed E-state index contributed by atoms with van der Waals surface area (Å²) in [4.78, 5) is 14.1. The Bertz CT molecular complexity index is 701. The Labute approximate surface area is 140 Å². The van der Waals surface area contributed by atoms with E-state index in [4.69, 9.17) is 27.9 Å². The first-order valence-electron chi connectivity index (χ1n) is 6.77. The molecule has 0 aliphatic heterocycles. The summed E-state index contributed by atoms with van der Waals surface area (Å²) in [5.74, 6) is 0.568. The van der Waals surface area contributed by atoms with Crippen LogP contribution in [0.4, 0.5) is 0 Å². The monoisotopic (exact) mass is 337 g/mol. The summed E-state index contributed by atoms with van der Waals surface area (Å²) in [5.41, 5.74) is 2.44. The number of carbonyl (C=O) groups excluding carboxylic acids is 1. The molecule has 0 fully saturated rings. The Kier molecular flexibility index (Phi) is 5.33. The van der Waals surface area contributed by atoms with Crippen molar-refractivity contribution in [3.05, 3.63) is 63.1 Å². The third-order valence-corrected chi connectivity index (χ3v) is 4.19. The van der Waals surface area contributed by atoms with Crippen molar-refractivity contribution in [3.8, 4) is 5.75 Å². The number of carbonyl (C=O) groups is 1. The predicted octanol–water partition coefficient (Wildman–Crippen LogP) is 4.58. The van der Waals surface area contributed by atoms with Gasteiger partial charge in [-0.25, -0.2) is 0 Å². The summed E-state index contributed by atoms with van der Waals surface area (Å²) < 4.78 is 5.34. The summed E-state index contributed by atoms with van der Waals surface area (Å²) in [6, 6.07) is 10.9. The molecule has 1 amide bonds. The first kappa shape index (κ1) is 16.7. The van der Waals surface area contributed by atoms with Crippen molar-refractivity contribution in [1.82, 2.24) is 4.90 Å². The molecule has 0 aromatic heterocycles. The van der Waals surface area contributed by atoms with Gasteiger partial charge in [0.25, 0.3) is 5.91 Å². The minimum Gasteiger partial charge on any atom is -0.496 e. The van der Waals surface area contributed by atoms with E-state index in [2.05, 4.69) is 0 Å². The Balaban J connectivity index is 2.25. The SMILES string of the molecule is COc1ccc(C)cc1CN(C)C(=O)c1cccc(Cl)c1Cl. The highest BCUT2D eigenvalue weighted by atomic mass is 35.5. The Morgan fingerprint density at radius 3 is 2.64 bits per heavy atom. The lowest BCUT2D eigenvalue weighted by Crippen LogP contribution is -2.26. The number of halogens is 2. The predicted molar refractivity (Wildman–Crippen MR) is 90.0 cm³/mol. The van der Waals surface area contributed by atoms with Crippen molar-refractivity contribution >= 4 is 29.1 Å². The Morgan fingerprint density at radius 1 is 1.23 bits per heavy atom.